The Labute approximate surface area is 102 Å². The normalized spacial score (nSPS) is 14.9. The van der Waals surface area contributed by atoms with E-state index in [4.69, 9.17) is 0 Å². The van der Waals surface area contributed by atoms with E-state index in [2.05, 4.69) is 15.5 Å². The van der Waals surface area contributed by atoms with E-state index >= 15 is 0 Å². The second-order valence-electron chi connectivity index (χ2n) is 3.93. The van der Waals surface area contributed by atoms with Gasteiger partial charge in [0.2, 0.25) is 0 Å². The van der Waals surface area contributed by atoms with Crippen molar-refractivity contribution in [2.24, 2.45) is 0 Å². The largest absolute Gasteiger partial charge is 0.347 e. The summed E-state index contributed by atoms with van der Waals surface area (Å²) in [6.45, 7) is 1.31. The zero-order valence-corrected chi connectivity index (χ0v) is 9.46. The van der Waals surface area contributed by atoms with Crippen LogP contribution in [0.15, 0.2) is 35.4 Å². The molecule has 0 atom stereocenters. The van der Waals surface area contributed by atoms with Crippen molar-refractivity contribution in [3.8, 4) is 5.69 Å². The van der Waals surface area contributed by atoms with Crippen LogP contribution in [0.1, 0.15) is 0 Å². The van der Waals surface area contributed by atoms with Gasteiger partial charge in [-0.2, -0.15) is 5.10 Å². The van der Waals surface area contributed by atoms with E-state index in [1.807, 2.05) is 0 Å². The van der Waals surface area contributed by atoms with Crippen LogP contribution in [-0.2, 0) is 0 Å². The van der Waals surface area contributed by atoms with Crippen LogP contribution in [0.5, 0.6) is 0 Å². The molecule has 3 rings (SSSR count). The average molecular weight is 245 g/mol. The number of benzene rings is 1. The highest BCUT2D eigenvalue weighted by atomic mass is 16.2. The summed E-state index contributed by atoms with van der Waals surface area (Å²) in [6, 6.07) is 7.07. The summed E-state index contributed by atoms with van der Waals surface area (Å²) in [4.78, 5) is 24.5. The molecule has 0 unspecified atom stereocenters. The summed E-state index contributed by atoms with van der Waals surface area (Å²) in [5.41, 5.74) is 1.23. The van der Waals surface area contributed by atoms with Crippen LogP contribution < -0.4 is 15.9 Å². The molecule has 0 saturated carbocycles. The predicted molar refractivity (Wildman–Crippen MR) is 64.9 cm³/mol. The number of nitrogens with zero attached hydrogens (tertiary/aromatic N) is 3. The molecule has 1 aliphatic heterocycles. The molecule has 18 heavy (non-hydrogen) atoms. The molecule has 7 nitrogen and oxygen atoms in total. The van der Waals surface area contributed by atoms with E-state index in [0.29, 0.717) is 18.8 Å². The fraction of sp³-hybridized carbons (Fsp3) is 0.182. The Morgan fingerprint density at radius 2 is 1.83 bits per heavy atom. The summed E-state index contributed by atoms with van der Waals surface area (Å²) < 4.78 is 1.40. The van der Waals surface area contributed by atoms with Crippen molar-refractivity contribution >= 4 is 11.7 Å². The summed E-state index contributed by atoms with van der Waals surface area (Å²) in [5, 5.41) is 8.72. The minimum absolute atomic E-state index is 0.0942. The average Bonchev–Trinajstić information content (AvgIpc) is 2.98. The number of urea groups is 1. The Morgan fingerprint density at radius 1 is 1.11 bits per heavy atom. The number of carbonyl (C=O) groups excluding carboxylic acids is 1. The number of amides is 2. The molecule has 0 bridgehead atoms. The first-order valence-electron chi connectivity index (χ1n) is 5.53. The van der Waals surface area contributed by atoms with E-state index in [0.717, 1.165) is 5.69 Å². The van der Waals surface area contributed by atoms with Gasteiger partial charge in [-0.1, -0.05) is 0 Å². The Balaban J connectivity index is 1.92. The lowest BCUT2D eigenvalue weighted by Gasteiger charge is -2.14. The number of H-pyrrole nitrogens is 1. The van der Waals surface area contributed by atoms with Crippen LogP contribution in [0.25, 0.3) is 5.69 Å². The van der Waals surface area contributed by atoms with E-state index in [1.54, 1.807) is 29.2 Å². The summed E-state index contributed by atoms with van der Waals surface area (Å²) in [5.74, 6) is 0. The molecule has 2 aromatic rings. The van der Waals surface area contributed by atoms with Crippen molar-refractivity contribution in [1.82, 2.24) is 20.1 Å². The van der Waals surface area contributed by atoms with Gasteiger partial charge in [0.1, 0.15) is 6.33 Å². The van der Waals surface area contributed by atoms with Gasteiger partial charge in [0.15, 0.2) is 0 Å². The van der Waals surface area contributed by atoms with Gasteiger partial charge in [-0.05, 0) is 24.3 Å². The van der Waals surface area contributed by atoms with Crippen molar-refractivity contribution in [1.29, 1.82) is 0 Å². The van der Waals surface area contributed by atoms with Crippen LogP contribution in [0.4, 0.5) is 10.5 Å². The maximum Gasteiger partial charge on any atom is 0.347 e. The van der Waals surface area contributed by atoms with Crippen molar-refractivity contribution < 1.29 is 4.79 Å². The molecule has 2 amide bonds. The highest BCUT2D eigenvalue weighted by Gasteiger charge is 2.20. The van der Waals surface area contributed by atoms with E-state index < -0.39 is 0 Å². The van der Waals surface area contributed by atoms with Gasteiger partial charge in [-0.15, -0.1) is 0 Å². The van der Waals surface area contributed by atoms with Gasteiger partial charge in [0, 0.05) is 18.8 Å². The SMILES string of the molecule is O=C1NCCN1c1ccc(-n2cn[nH]c2=O)cc1. The van der Waals surface area contributed by atoms with Crippen LogP contribution in [0.2, 0.25) is 0 Å². The molecule has 0 aliphatic carbocycles. The van der Waals surface area contributed by atoms with Gasteiger partial charge >= 0.3 is 11.7 Å². The molecule has 1 aromatic carbocycles. The Kier molecular flexibility index (Phi) is 2.36. The van der Waals surface area contributed by atoms with Crippen LogP contribution >= 0.6 is 0 Å². The monoisotopic (exact) mass is 245 g/mol. The van der Waals surface area contributed by atoms with Crippen molar-refractivity contribution in [3.05, 3.63) is 41.1 Å². The fourth-order valence-electron chi connectivity index (χ4n) is 1.94. The second kappa shape index (κ2) is 4.02. The number of carbonyl (C=O) groups is 1. The highest BCUT2D eigenvalue weighted by molar-refractivity contribution is 5.94. The maximum absolute atomic E-state index is 11.5. The van der Waals surface area contributed by atoms with Crippen LogP contribution in [-0.4, -0.2) is 33.9 Å². The smallest absolute Gasteiger partial charge is 0.336 e. The molecule has 7 heteroatoms. The van der Waals surface area contributed by atoms with Crippen molar-refractivity contribution in [2.45, 2.75) is 0 Å². The van der Waals surface area contributed by atoms with Gasteiger partial charge in [0.05, 0.1) is 5.69 Å². The highest BCUT2D eigenvalue weighted by Crippen LogP contribution is 2.18. The number of hydrogen-bond acceptors (Lipinski definition) is 3. The zero-order chi connectivity index (χ0) is 12.5. The third kappa shape index (κ3) is 1.65. The van der Waals surface area contributed by atoms with E-state index in [1.165, 1.54) is 10.9 Å². The maximum atomic E-state index is 11.5. The molecule has 0 spiro atoms. The first-order valence-corrected chi connectivity index (χ1v) is 5.53. The third-order valence-electron chi connectivity index (χ3n) is 2.85. The number of hydrogen-bond donors (Lipinski definition) is 2. The molecule has 2 heterocycles. The minimum atomic E-state index is -0.290. The first-order chi connectivity index (χ1) is 8.75. The molecule has 92 valence electrons. The number of nitrogens with one attached hydrogen (secondary N) is 2. The molecular formula is C11H11N5O2. The fourth-order valence-corrected chi connectivity index (χ4v) is 1.94. The standard InChI is InChI=1S/C11H11N5O2/c17-10-12-5-6-15(10)8-1-3-9(4-2-8)16-7-13-14-11(16)18/h1-4,7H,5-6H2,(H,12,17)(H,14,18). The third-order valence-corrected chi connectivity index (χ3v) is 2.85. The Bertz CT molecular complexity index is 627. The number of aromatic amines is 1. The lowest BCUT2D eigenvalue weighted by atomic mass is 10.2. The van der Waals surface area contributed by atoms with Crippen molar-refractivity contribution in [2.75, 3.05) is 18.0 Å². The Hall–Kier alpha value is -2.57. The molecule has 1 saturated heterocycles. The molecule has 1 aromatic heterocycles. The van der Waals surface area contributed by atoms with Crippen LogP contribution in [0.3, 0.4) is 0 Å². The summed E-state index contributed by atoms with van der Waals surface area (Å²) in [7, 11) is 0. The minimum Gasteiger partial charge on any atom is -0.336 e. The number of rotatable bonds is 2. The van der Waals surface area contributed by atoms with Gasteiger partial charge in [-0.25, -0.2) is 19.3 Å². The topological polar surface area (TPSA) is 83.0 Å². The van der Waals surface area contributed by atoms with Gasteiger partial charge in [0.25, 0.3) is 0 Å². The van der Waals surface area contributed by atoms with E-state index in [9.17, 15) is 9.59 Å². The molecule has 2 N–H and O–H groups in total. The molecular weight excluding hydrogens is 234 g/mol. The number of aromatic nitrogens is 3. The van der Waals surface area contributed by atoms with Crippen molar-refractivity contribution in [3.63, 3.8) is 0 Å². The molecule has 1 aliphatic rings. The molecule has 1 fully saturated rings. The second-order valence-corrected chi connectivity index (χ2v) is 3.93. The number of anilines is 1. The predicted octanol–water partition coefficient (Wildman–Crippen LogP) is 0.0902. The quantitative estimate of drug-likeness (QED) is 0.786. The lowest BCUT2D eigenvalue weighted by Crippen LogP contribution is -2.27. The summed E-state index contributed by atoms with van der Waals surface area (Å²) in [6.07, 6.45) is 1.42. The van der Waals surface area contributed by atoms with E-state index in [-0.39, 0.29) is 11.7 Å². The zero-order valence-electron chi connectivity index (χ0n) is 9.46. The first kappa shape index (κ1) is 10.6. The summed E-state index contributed by atoms with van der Waals surface area (Å²) >= 11 is 0. The van der Waals surface area contributed by atoms with Crippen LogP contribution in [0, 0.1) is 0 Å². The van der Waals surface area contributed by atoms with Gasteiger partial charge in [-0.3, -0.25) is 4.90 Å². The van der Waals surface area contributed by atoms with Gasteiger partial charge < -0.3 is 5.32 Å². The molecule has 0 radical (unpaired) electrons. The Morgan fingerprint density at radius 3 is 2.39 bits per heavy atom. The lowest BCUT2D eigenvalue weighted by molar-refractivity contribution is 0.252.